The highest BCUT2D eigenvalue weighted by atomic mass is 16.6. The molecule has 0 bridgehead atoms. The highest BCUT2D eigenvalue weighted by Gasteiger charge is 2.29. The number of amides is 1. The Bertz CT molecular complexity index is 554. The predicted molar refractivity (Wildman–Crippen MR) is 71.6 cm³/mol. The summed E-state index contributed by atoms with van der Waals surface area (Å²) in [4.78, 5) is 34.7. The third-order valence-corrected chi connectivity index (χ3v) is 2.85. The molecular weight excluding hydrogens is 264 g/mol. The summed E-state index contributed by atoms with van der Waals surface area (Å²) >= 11 is 0. The molecule has 20 heavy (non-hydrogen) atoms. The van der Waals surface area contributed by atoms with Crippen LogP contribution in [0.15, 0.2) is 18.2 Å². The van der Waals surface area contributed by atoms with Crippen molar-refractivity contribution in [1.29, 1.82) is 0 Å². The summed E-state index contributed by atoms with van der Waals surface area (Å²) in [5, 5.41) is 19.9. The van der Waals surface area contributed by atoms with Gasteiger partial charge in [0.2, 0.25) is 0 Å². The first-order chi connectivity index (χ1) is 9.25. The summed E-state index contributed by atoms with van der Waals surface area (Å²) in [6, 6.07) is 3.93. The maximum Gasteiger partial charge on any atom is 0.323 e. The van der Waals surface area contributed by atoms with E-state index in [-0.39, 0.29) is 17.3 Å². The fourth-order valence-electron chi connectivity index (χ4n) is 1.86. The van der Waals surface area contributed by atoms with Crippen molar-refractivity contribution in [2.75, 3.05) is 6.54 Å². The minimum absolute atomic E-state index is 0.0625. The highest BCUT2D eigenvalue weighted by Crippen LogP contribution is 2.24. The molecule has 108 valence electrons. The summed E-state index contributed by atoms with van der Waals surface area (Å²) in [6.45, 7) is 4.40. The first kappa shape index (κ1) is 15.6. The van der Waals surface area contributed by atoms with Crippen molar-refractivity contribution in [2.24, 2.45) is 0 Å². The zero-order valence-electron chi connectivity index (χ0n) is 11.5. The first-order valence-corrected chi connectivity index (χ1v) is 6.02. The van der Waals surface area contributed by atoms with E-state index < -0.39 is 23.3 Å². The van der Waals surface area contributed by atoms with Crippen LogP contribution in [-0.2, 0) is 4.79 Å². The number of carboxylic acid groups (broad SMARTS) is 1. The summed E-state index contributed by atoms with van der Waals surface area (Å²) in [5.74, 6) is -1.81. The lowest BCUT2D eigenvalue weighted by molar-refractivity contribution is -0.385. The lowest BCUT2D eigenvalue weighted by Gasteiger charge is -2.25. The smallest absolute Gasteiger partial charge is 0.323 e. The van der Waals surface area contributed by atoms with E-state index in [4.69, 9.17) is 5.11 Å². The monoisotopic (exact) mass is 280 g/mol. The maximum absolute atomic E-state index is 12.4. The van der Waals surface area contributed by atoms with E-state index in [0.717, 1.165) is 4.90 Å². The van der Waals surface area contributed by atoms with E-state index in [0.29, 0.717) is 5.56 Å². The number of hydrogen-bond acceptors (Lipinski definition) is 4. The minimum atomic E-state index is -1.16. The van der Waals surface area contributed by atoms with Gasteiger partial charge in [0.05, 0.1) is 4.92 Å². The van der Waals surface area contributed by atoms with Crippen LogP contribution in [0.5, 0.6) is 0 Å². The lowest BCUT2D eigenvalue weighted by atomic mass is 10.0. The van der Waals surface area contributed by atoms with Crippen LogP contribution in [0.1, 0.15) is 29.8 Å². The van der Waals surface area contributed by atoms with Crippen molar-refractivity contribution in [2.45, 2.75) is 26.8 Å². The fourth-order valence-corrected chi connectivity index (χ4v) is 1.86. The van der Waals surface area contributed by atoms with Gasteiger partial charge in [0.15, 0.2) is 0 Å². The maximum atomic E-state index is 12.4. The molecule has 0 radical (unpaired) electrons. The molecule has 1 aromatic rings. The largest absolute Gasteiger partial charge is 0.480 e. The Hall–Kier alpha value is -2.44. The Morgan fingerprint density at radius 1 is 1.40 bits per heavy atom. The number of aliphatic carboxylic acids is 1. The van der Waals surface area contributed by atoms with Gasteiger partial charge in [-0.05, 0) is 26.3 Å². The van der Waals surface area contributed by atoms with Gasteiger partial charge in [-0.2, -0.15) is 0 Å². The van der Waals surface area contributed by atoms with E-state index in [1.807, 2.05) is 0 Å². The molecule has 0 aromatic heterocycles. The Kier molecular flexibility index (Phi) is 4.79. The van der Waals surface area contributed by atoms with Gasteiger partial charge in [-0.3, -0.25) is 19.7 Å². The minimum Gasteiger partial charge on any atom is -0.480 e. The number of nitro groups is 1. The Morgan fingerprint density at radius 2 is 2.00 bits per heavy atom. The van der Waals surface area contributed by atoms with Gasteiger partial charge >= 0.3 is 5.97 Å². The second-order valence-electron chi connectivity index (χ2n) is 4.65. The molecule has 0 aliphatic carbocycles. The van der Waals surface area contributed by atoms with Crippen molar-refractivity contribution in [1.82, 2.24) is 4.90 Å². The van der Waals surface area contributed by atoms with Crippen molar-refractivity contribution in [3.63, 3.8) is 0 Å². The molecule has 0 aliphatic rings. The summed E-state index contributed by atoms with van der Waals surface area (Å²) in [6.07, 6.45) is 0. The van der Waals surface area contributed by atoms with Crippen LogP contribution in [0.3, 0.4) is 0 Å². The molecule has 0 fully saturated rings. The molecule has 0 aliphatic heterocycles. The standard InChI is InChI=1S/C13H16N2O5/c1-8(2)14(7-11(16)17)13(18)12-9(3)5-4-6-10(12)15(19)20/h4-6,8H,7H2,1-3H3,(H,16,17). The predicted octanol–water partition coefficient (Wildman–Crippen LogP) is 1.84. The van der Waals surface area contributed by atoms with E-state index in [1.165, 1.54) is 12.1 Å². The second kappa shape index (κ2) is 6.14. The zero-order chi connectivity index (χ0) is 15.4. The molecular formula is C13H16N2O5. The van der Waals surface area contributed by atoms with Crippen LogP contribution < -0.4 is 0 Å². The van der Waals surface area contributed by atoms with Crippen molar-refractivity contribution in [3.05, 3.63) is 39.4 Å². The second-order valence-corrected chi connectivity index (χ2v) is 4.65. The van der Waals surface area contributed by atoms with E-state index in [9.17, 15) is 19.7 Å². The fraction of sp³-hybridized carbons (Fsp3) is 0.385. The number of carbonyl (C=O) groups is 2. The number of nitro benzene ring substituents is 1. The van der Waals surface area contributed by atoms with Gasteiger partial charge in [-0.1, -0.05) is 12.1 Å². The van der Waals surface area contributed by atoms with Crippen LogP contribution in [0.2, 0.25) is 0 Å². The number of carbonyl (C=O) groups excluding carboxylic acids is 1. The SMILES string of the molecule is Cc1cccc([N+](=O)[O-])c1C(=O)N(CC(=O)O)C(C)C. The molecule has 1 amide bonds. The number of carboxylic acids is 1. The van der Waals surface area contributed by atoms with E-state index in [2.05, 4.69) is 0 Å². The molecule has 0 spiro atoms. The molecule has 0 heterocycles. The molecule has 0 saturated carbocycles. The van der Waals surface area contributed by atoms with Crippen molar-refractivity contribution < 1.29 is 19.6 Å². The topological polar surface area (TPSA) is 101 Å². The molecule has 0 saturated heterocycles. The number of aryl methyl sites for hydroxylation is 1. The Balaban J connectivity index is 3.31. The van der Waals surface area contributed by atoms with Gasteiger partial charge in [-0.15, -0.1) is 0 Å². The highest BCUT2D eigenvalue weighted by molar-refractivity contribution is 6.00. The van der Waals surface area contributed by atoms with Gasteiger partial charge in [0, 0.05) is 12.1 Å². The quantitative estimate of drug-likeness (QED) is 0.655. The van der Waals surface area contributed by atoms with Gasteiger partial charge in [0.25, 0.3) is 11.6 Å². The first-order valence-electron chi connectivity index (χ1n) is 6.02. The van der Waals surface area contributed by atoms with Crippen LogP contribution in [-0.4, -0.2) is 39.4 Å². The lowest BCUT2D eigenvalue weighted by Crippen LogP contribution is -2.41. The normalized spacial score (nSPS) is 10.4. The molecule has 0 unspecified atom stereocenters. The molecule has 1 N–H and O–H groups in total. The van der Waals surface area contributed by atoms with Gasteiger partial charge in [-0.25, -0.2) is 0 Å². The molecule has 1 aromatic carbocycles. The van der Waals surface area contributed by atoms with Crippen molar-refractivity contribution in [3.8, 4) is 0 Å². The third-order valence-electron chi connectivity index (χ3n) is 2.85. The van der Waals surface area contributed by atoms with Crippen molar-refractivity contribution >= 4 is 17.6 Å². The average molecular weight is 280 g/mol. The molecule has 7 nitrogen and oxygen atoms in total. The molecule has 7 heteroatoms. The number of hydrogen-bond donors (Lipinski definition) is 1. The van der Waals surface area contributed by atoms with Crippen LogP contribution >= 0.6 is 0 Å². The van der Waals surface area contributed by atoms with Crippen LogP contribution in [0.4, 0.5) is 5.69 Å². The third kappa shape index (κ3) is 3.31. The Morgan fingerprint density at radius 3 is 2.45 bits per heavy atom. The van der Waals surface area contributed by atoms with Gasteiger partial charge < -0.3 is 10.0 Å². The molecule has 0 atom stereocenters. The number of rotatable bonds is 5. The van der Waals surface area contributed by atoms with E-state index >= 15 is 0 Å². The number of nitrogens with zero attached hydrogens (tertiary/aromatic N) is 2. The molecule has 1 rings (SSSR count). The Labute approximate surface area is 116 Å². The van der Waals surface area contributed by atoms with Crippen LogP contribution in [0.25, 0.3) is 0 Å². The summed E-state index contributed by atoms with van der Waals surface area (Å²) in [7, 11) is 0. The van der Waals surface area contributed by atoms with Gasteiger partial charge in [0.1, 0.15) is 12.1 Å². The van der Waals surface area contributed by atoms with E-state index in [1.54, 1.807) is 26.8 Å². The van der Waals surface area contributed by atoms with Crippen LogP contribution in [0, 0.1) is 17.0 Å². The summed E-state index contributed by atoms with van der Waals surface area (Å²) < 4.78 is 0. The number of benzene rings is 1. The summed E-state index contributed by atoms with van der Waals surface area (Å²) in [5.41, 5.74) is 0.0683. The zero-order valence-corrected chi connectivity index (χ0v) is 11.5. The average Bonchev–Trinajstić information content (AvgIpc) is 2.34.